The van der Waals surface area contributed by atoms with Crippen LogP contribution in [0, 0.1) is 25.0 Å². The van der Waals surface area contributed by atoms with Crippen molar-refractivity contribution in [3.63, 3.8) is 0 Å². The minimum Gasteiger partial charge on any atom is -0.493 e. The second kappa shape index (κ2) is 9.38. The van der Waals surface area contributed by atoms with Crippen molar-refractivity contribution in [2.24, 2.45) is 0 Å². The van der Waals surface area contributed by atoms with Crippen LogP contribution in [0.3, 0.4) is 0 Å². The number of ether oxygens (including phenoxy) is 2. The molecule has 1 N–H and O–H groups in total. The van der Waals surface area contributed by atoms with Crippen molar-refractivity contribution < 1.29 is 19.2 Å². The number of carbonyl (C=O) groups is 1. The molecule has 28 heavy (non-hydrogen) atoms. The van der Waals surface area contributed by atoms with Gasteiger partial charge in [0.05, 0.1) is 33.4 Å². The highest BCUT2D eigenvalue weighted by atomic mass is 127. The number of halogens is 2. The molecule has 10 heteroatoms. The van der Waals surface area contributed by atoms with Crippen molar-refractivity contribution >= 4 is 57.5 Å². The van der Waals surface area contributed by atoms with Crippen molar-refractivity contribution in [3.8, 4) is 17.6 Å². The van der Waals surface area contributed by atoms with E-state index in [-0.39, 0.29) is 22.0 Å². The number of nitrogens with one attached hydrogen (secondary N) is 1. The molecule has 0 fully saturated rings. The molecule has 0 bridgehead atoms. The van der Waals surface area contributed by atoms with Crippen LogP contribution in [0.4, 0.5) is 11.4 Å². The number of nitrogens with zero attached hydrogens (tertiary/aromatic N) is 2. The van der Waals surface area contributed by atoms with E-state index in [1.54, 1.807) is 12.1 Å². The molecule has 144 valence electrons. The summed E-state index contributed by atoms with van der Waals surface area (Å²) < 4.78 is 11.3. The maximum absolute atomic E-state index is 12.4. The Morgan fingerprint density at radius 1 is 1.32 bits per heavy atom. The van der Waals surface area contributed by atoms with Crippen LogP contribution in [0.5, 0.6) is 11.5 Å². The van der Waals surface area contributed by atoms with Crippen molar-refractivity contribution in [3.05, 3.63) is 60.2 Å². The van der Waals surface area contributed by atoms with E-state index in [9.17, 15) is 20.2 Å². The van der Waals surface area contributed by atoms with Gasteiger partial charge in [0.25, 0.3) is 11.6 Å². The molecule has 8 nitrogen and oxygen atoms in total. The zero-order valence-corrected chi connectivity index (χ0v) is 17.6. The smallest absolute Gasteiger partial charge is 0.271 e. The van der Waals surface area contributed by atoms with Gasteiger partial charge in [-0.1, -0.05) is 11.6 Å². The van der Waals surface area contributed by atoms with E-state index in [1.807, 2.05) is 6.07 Å². The number of methoxy groups -OCH3 is 2. The number of nitro groups is 1. The Morgan fingerprint density at radius 2 is 2.04 bits per heavy atom. The Hall–Kier alpha value is -2.84. The maximum atomic E-state index is 12.4. The van der Waals surface area contributed by atoms with Crippen LogP contribution in [-0.2, 0) is 4.79 Å². The summed E-state index contributed by atoms with van der Waals surface area (Å²) in [6.45, 7) is 0. The Bertz CT molecular complexity index is 1020. The summed E-state index contributed by atoms with van der Waals surface area (Å²) in [5.74, 6) is 0.292. The molecule has 2 aromatic rings. The Labute approximate surface area is 179 Å². The largest absolute Gasteiger partial charge is 0.493 e. The molecule has 0 aliphatic heterocycles. The van der Waals surface area contributed by atoms with Gasteiger partial charge in [0, 0.05) is 12.1 Å². The van der Waals surface area contributed by atoms with Crippen LogP contribution >= 0.6 is 34.2 Å². The lowest BCUT2D eigenvalue weighted by molar-refractivity contribution is -0.384. The Kier molecular flexibility index (Phi) is 7.19. The quantitative estimate of drug-likeness (QED) is 0.201. The molecule has 0 spiro atoms. The van der Waals surface area contributed by atoms with E-state index in [4.69, 9.17) is 21.1 Å². The third-order valence-electron chi connectivity index (χ3n) is 3.54. The number of non-ortho nitro benzene ring substituents is 1. The number of benzene rings is 2. The van der Waals surface area contributed by atoms with Crippen molar-refractivity contribution in [1.82, 2.24) is 0 Å². The molecule has 0 radical (unpaired) electrons. The number of hydrogen-bond donors (Lipinski definition) is 1. The van der Waals surface area contributed by atoms with Gasteiger partial charge in [0.2, 0.25) is 0 Å². The highest BCUT2D eigenvalue weighted by molar-refractivity contribution is 14.1. The topological polar surface area (TPSA) is 114 Å². The monoisotopic (exact) mass is 513 g/mol. The van der Waals surface area contributed by atoms with Gasteiger partial charge in [-0.25, -0.2) is 0 Å². The average Bonchev–Trinajstić information content (AvgIpc) is 2.66. The summed E-state index contributed by atoms with van der Waals surface area (Å²) in [7, 11) is 2.99. The van der Waals surface area contributed by atoms with Gasteiger partial charge >= 0.3 is 0 Å². The minimum absolute atomic E-state index is 0.0134. The maximum Gasteiger partial charge on any atom is 0.271 e. The molecular weight excluding hydrogens is 501 g/mol. The summed E-state index contributed by atoms with van der Waals surface area (Å²) in [5, 5.41) is 22.6. The summed E-state index contributed by atoms with van der Waals surface area (Å²) in [5.41, 5.74) is 0.320. The first-order chi connectivity index (χ1) is 13.3. The van der Waals surface area contributed by atoms with Crippen molar-refractivity contribution in [1.29, 1.82) is 5.26 Å². The zero-order valence-electron chi connectivity index (χ0n) is 14.7. The second-order valence-corrected chi connectivity index (χ2v) is 6.85. The van der Waals surface area contributed by atoms with Gasteiger partial charge in [-0.2, -0.15) is 5.26 Å². The fourth-order valence-corrected chi connectivity index (χ4v) is 3.31. The zero-order chi connectivity index (χ0) is 20.8. The van der Waals surface area contributed by atoms with E-state index in [1.165, 1.54) is 32.4 Å². The van der Waals surface area contributed by atoms with E-state index in [0.29, 0.717) is 17.1 Å². The fraction of sp³-hybridized carbons (Fsp3) is 0.111. The standard InChI is InChI=1S/C18H13ClIN3O5/c1-27-16-7-10(6-14(20)17(16)28-2)5-11(9-21)18(24)22-15-4-3-12(23(25)26)8-13(15)19/h3-8H,1-2H3,(H,22,24). The van der Waals surface area contributed by atoms with E-state index >= 15 is 0 Å². The second-order valence-electron chi connectivity index (χ2n) is 5.28. The molecule has 0 aliphatic carbocycles. The molecular formula is C18H13ClIN3O5. The van der Waals surface area contributed by atoms with E-state index in [0.717, 1.165) is 9.64 Å². The molecule has 0 saturated carbocycles. The lowest BCUT2D eigenvalue weighted by atomic mass is 10.1. The number of nitriles is 1. The SMILES string of the molecule is COc1cc(C=C(C#N)C(=O)Nc2ccc([N+](=O)[O-])cc2Cl)cc(I)c1OC. The highest BCUT2D eigenvalue weighted by Gasteiger charge is 2.16. The predicted molar refractivity (Wildman–Crippen MR) is 113 cm³/mol. The third kappa shape index (κ3) is 4.90. The lowest BCUT2D eigenvalue weighted by Crippen LogP contribution is -2.13. The fourth-order valence-electron chi connectivity index (χ4n) is 2.25. The molecule has 0 unspecified atom stereocenters. The number of anilines is 1. The van der Waals surface area contributed by atoms with Crippen LogP contribution < -0.4 is 14.8 Å². The normalized spacial score (nSPS) is 10.8. The predicted octanol–water partition coefficient (Wildman–Crippen LogP) is 4.42. The van der Waals surface area contributed by atoms with Gasteiger partial charge < -0.3 is 14.8 Å². The molecule has 0 heterocycles. The molecule has 2 rings (SSSR count). The van der Waals surface area contributed by atoms with Gasteiger partial charge in [-0.15, -0.1) is 0 Å². The first-order valence-electron chi connectivity index (χ1n) is 7.59. The van der Waals surface area contributed by atoms with Gasteiger partial charge in [0.15, 0.2) is 11.5 Å². The first kappa shape index (κ1) is 21.5. The summed E-state index contributed by atoms with van der Waals surface area (Å²) >= 11 is 8.02. The minimum atomic E-state index is -0.706. The molecule has 2 aromatic carbocycles. The summed E-state index contributed by atoms with van der Waals surface area (Å²) in [4.78, 5) is 22.6. The summed E-state index contributed by atoms with van der Waals surface area (Å²) in [6, 6.07) is 8.80. The van der Waals surface area contributed by atoms with Crippen molar-refractivity contribution in [2.75, 3.05) is 19.5 Å². The molecule has 0 atom stereocenters. The van der Waals surface area contributed by atoms with Crippen LogP contribution in [0.1, 0.15) is 5.56 Å². The number of carbonyl (C=O) groups excluding carboxylic acids is 1. The number of amides is 1. The van der Waals surface area contributed by atoms with Crippen LogP contribution in [0.25, 0.3) is 6.08 Å². The third-order valence-corrected chi connectivity index (χ3v) is 4.66. The molecule has 0 aromatic heterocycles. The van der Waals surface area contributed by atoms with Crippen LogP contribution in [0.15, 0.2) is 35.9 Å². The van der Waals surface area contributed by atoms with E-state index < -0.39 is 10.8 Å². The average molecular weight is 514 g/mol. The van der Waals surface area contributed by atoms with Gasteiger partial charge in [0.1, 0.15) is 11.6 Å². The number of nitro benzene ring substituents is 1. The molecule has 1 amide bonds. The van der Waals surface area contributed by atoms with Crippen LogP contribution in [0.2, 0.25) is 5.02 Å². The van der Waals surface area contributed by atoms with Gasteiger partial charge in [-0.3, -0.25) is 14.9 Å². The first-order valence-corrected chi connectivity index (χ1v) is 9.05. The Balaban J connectivity index is 2.33. The van der Waals surface area contributed by atoms with Crippen LogP contribution in [-0.4, -0.2) is 25.1 Å². The summed E-state index contributed by atoms with van der Waals surface area (Å²) in [6.07, 6.45) is 1.39. The van der Waals surface area contributed by atoms with Gasteiger partial charge in [-0.05, 0) is 52.4 Å². The van der Waals surface area contributed by atoms with E-state index in [2.05, 4.69) is 27.9 Å². The van der Waals surface area contributed by atoms with Crippen molar-refractivity contribution in [2.45, 2.75) is 0 Å². The number of hydrogen-bond acceptors (Lipinski definition) is 6. The highest BCUT2D eigenvalue weighted by Crippen LogP contribution is 2.34. The molecule has 0 saturated heterocycles. The molecule has 0 aliphatic rings. The number of rotatable bonds is 6. The Morgan fingerprint density at radius 3 is 2.57 bits per heavy atom. The lowest BCUT2D eigenvalue weighted by Gasteiger charge is -2.11.